The maximum atomic E-state index is 13.4. The zero-order valence-electron chi connectivity index (χ0n) is 9.93. The number of hydrogen-bond acceptors (Lipinski definition) is 2. The summed E-state index contributed by atoms with van der Waals surface area (Å²) in [5.74, 6) is -0.467. The van der Waals surface area contributed by atoms with Crippen molar-refractivity contribution in [1.82, 2.24) is 0 Å². The van der Waals surface area contributed by atoms with Crippen molar-refractivity contribution in [2.24, 2.45) is 0 Å². The van der Waals surface area contributed by atoms with Gasteiger partial charge in [0.2, 0.25) is 0 Å². The van der Waals surface area contributed by atoms with Crippen LogP contribution in [0.25, 0.3) is 0 Å². The molecule has 0 saturated heterocycles. The molecular weight excluding hydrogens is 209 g/mol. The molecule has 0 atom stereocenters. The quantitative estimate of drug-likeness (QED) is 0.794. The average molecular weight is 225 g/mol. The molecule has 0 radical (unpaired) electrons. The fraction of sp³-hybridized carbons (Fsp3) is 0.417. The van der Waals surface area contributed by atoms with Crippen molar-refractivity contribution in [2.45, 2.75) is 33.3 Å². The van der Waals surface area contributed by atoms with Crippen molar-refractivity contribution in [2.75, 3.05) is 5.32 Å². The van der Waals surface area contributed by atoms with Gasteiger partial charge in [-0.1, -0.05) is 12.1 Å². The third kappa shape index (κ3) is 3.53. The van der Waals surface area contributed by atoms with Crippen LogP contribution in [0.15, 0.2) is 18.2 Å². The molecule has 4 heteroatoms. The molecule has 0 aromatic heterocycles. The zero-order valence-corrected chi connectivity index (χ0v) is 9.93. The van der Waals surface area contributed by atoms with Crippen LogP contribution >= 0.6 is 0 Å². The van der Waals surface area contributed by atoms with Gasteiger partial charge in [0.05, 0.1) is 5.69 Å². The number of carbonyl (C=O) groups excluding carboxylic acids is 1. The van der Waals surface area contributed by atoms with Gasteiger partial charge in [-0.15, -0.1) is 0 Å². The summed E-state index contributed by atoms with van der Waals surface area (Å²) in [6.45, 7) is 6.97. The first-order chi connectivity index (χ1) is 7.29. The molecule has 1 rings (SSSR count). The number of anilines is 1. The van der Waals surface area contributed by atoms with E-state index in [2.05, 4.69) is 5.32 Å². The number of rotatable bonds is 1. The highest BCUT2D eigenvalue weighted by Crippen LogP contribution is 2.19. The van der Waals surface area contributed by atoms with Gasteiger partial charge in [-0.25, -0.2) is 9.18 Å². The third-order valence-electron chi connectivity index (χ3n) is 1.85. The maximum Gasteiger partial charge on any atom is 0.412 e. The Morgan fingerprint density at radius 3 is 2.50 bits per heavy atom. The number of hydrogen-bond donors (Lipinski definition) is 1. The van der Waals surface area contributed by atoms with Crippen LogP contribution in [0.5, 0.6) is 0 Å². The minimum absolute atomic E-state index is 0.164. The van der Waals surface area contributed by atoms with Crippen molar-refractivity contribution in [3.05, 3.63) is 29.6 Å². The zero-order chi connectivity index (χ0) is 12.3. The number of ether oxygens (including phenoxy) is 1. The van der Waals surface area contributed by atoms with Gasteiger partial charge in [-0.05, 0) is 39.3 Å². The van der Waals surface area contributed by atoms with E-state index in [1.54, 1.807) is 39.8 Å². The van der Waals surface area contributed by atoms with Crippen molar-refractivity contribution < 1.29 is 13.9 Å². The Bertz CT molecular complexity index is 376. The van der Waals surface area contributed by atoms with E-state index in [0.717, 1.165) is 0 Å². The molecular formula is C12H16FNO2. The SMILES string of the molecule is Cc1cccc(F)c1NC(=O)OC(C)(C)C. The highest BCUT2D eigenvalue weighted by Gasteiger charge is 2.17. The fourth-order valence-electron chi connectivity index (χ4n) is 1.20. The van der Waals surface area contributed by atoms with Crippen LogP contribution in [-0.4, -0.2) is 11.7 Å². The van der Waals surface area contributed by atoms with Crippen LogP contribution < -0.4 is 5.32 Å². The first kappa shape index (κ1) is 12.5. The summed E-state index contributed by atoms with van der Waals surface area (Å²) >= 11 is 0. The average Bonchev–Trinajstić information content (AvgIpc) is 2.08. The van der Waals surface area contributed by atoms with Crippen LogP contribution in [0.4, 0.5) is 14.9 Å². The first-order valence-corrected chi connectivity index (χ1v) is 5.05. The summed E-state index contributed by atoms with van der Waals surface area (Å²) in [4.78, 5) is 11.4. The summed E-state index contributed by atoms with van der Waals surface area (Å²) in [5.41, 5.74) is 0.228. The molecule has 0 heterocycles. The predicted molar refractivity (Wildman–Crippen MR) is 61.0 cm³/mol. The summed E-state index contributed by atoms with van der Waals surface area (Å²) in [5, 5.41) is 2.40. The number of carbonyl (C=O) groups is 1. The lowest BCUT2D eigenvalue weighted by atomic mass is 10.2. The topological polar surface area (TPSA) is 38.3 Å². The molecule has 1 aromatic rings. The lowest BCUT2D eigenvalue weighted by Crippen LogP contribution is -2.27. The molecule has 1 amide bonds. The van der Waals surface area contributed by atoms with E-state index in [1.165, 1.54) is 6.07 Å². The van der Waals surface area contributed by atoms with Crippen molar-refractivity contribution >= 4 is 11.8 Å². The van der Waals surface area contributed by atoms with E-state index in [4.69, 9.17) is 4.74 Å². The van der Waals surface area contributed by atoms with Gasteiger partial charge in [0, 0.05) is 0 Å². The van der Waals surface area contributed by atoms with Gasteiger partial charge < -0.3 is 4.74 Å². The Morgan fingerprint density at radius 2 is 2.00 bits per heavy atom. The van der Waals surface area contributed by atoms with Crippen molar-refractivity contribution in [1.29, 1.82) is 0 Å². The molecule has 3 nitrogen and oxygen atoms in total. The second-order valence-electron chi connectivity index (χ2n) is 4.56. The molecule has 1 aromatic carbocycles. The molecule has 0 saturated carbocycles. The highest BCUT2D eigenvalue weighted by atomic mass is 19.1. The summed E-state index contributed by atoms with van der Waals surface area (Å²) in [7, 11) is 0. The van der Waals surface area contributed by atoms with Gasteiger partial charge in [-0.2, -0.15) is 0 Å². The van der Waals surface area contributed by atoms with Gasteiger partial charge in [0.25, 0.3) is 0 Å². The second-order valence-corrected chi connectivity index (χ2v) is 4.56. The van der Waals surface area contributed by atoms with Crippen LogP contribution in [0, 0.1) is 12.7 Å². The van der Waals surface area contributed by atoms with Crippen LogP contribution in [0.1, 0.15) is 26.3 Å². The van der Waals surface area contributed by atoms with Crippen LogP contribution in [-0.2, 0) is 4.74 Å². The Labute approximate surface area is 94.6 Å². The molecule has 0 aliphatic rings. The number of para-hydroxylation sites is 1. The number of nitrogens with one attached hydrogen (secondary N) is 1. The van der Waals surface area contributed by atoms with Gasteiger partial charge in [-0.3, -0.25) is 5.32 Å². The third-order valence-corrected chi connectivity index (χ3v) is 1.85. The molecule has 0 unspecified atom stereocenters. The van der Waals surface area contributed by atoms with Crippen LogP contribution in [0.3, 0.4) is 0 Å². The predicted octanol–water partition coefficient (Wildman–Crippen LogP) is 3.48. The minimum atomic E-state index is -0.652. The number of amides is 1. The minimum Gasteiger partial charge on any atom is -0.444 e. The molecule has 0 spiro atoms. The fourth-order valence-corrected chi connectivity index (χ4v) is 1.20. The maximum absolute atomic E-state index is 13.4. The first-order valence-electron chi connectivity index (χ1n) is 5.05. The summed E-state index contributed by atoms with van der Waals surface area (Å²) in [6, 6.07) is 4.60. The highest BCUT2D eigenvalue weighted by molar-refractivity contribution is 5.86. The Kier molecular flexibility index (Phi) is 3.52. The molecule has 88 valence electrons. The Balaban J connectivity index is 2.78. The van der Waals surface area contributed by atoms with Crippen molar-refractivity contribution in [3.63, 3.8) is 0 Å². The lowest BCUT2D eigenvalue weighted by molar-refractivity contribution is 0.0635. The Hall–Kier alpha value is -1.58. The lowest BCUT2D eigenvalue weighted by Gasteiger charge is -2.20. The number of benzene rings is 1. The smallest absolute Gasteiger partial charge is 0.412 e. The van der Waals surface area contributed by atoms with Gasteiger partial charge in [0.15, 0.2) is 0 Å². The number of halogens is 1. The standard InChI is InChI=1S/C12H16FNO2/c1-8-6-5-7-9(13)10(8)14-11(15)16-12(2,3)4/h5-7H,1-4H3,(H,14,15). The Morgan fingerprint density at radius 1 is 1.38 bits per heavy atom. The largest absolute Gasteiger partial charge is 0.444 e. The molecule has 0 fully saturated rings. The van der Waals surface area contributed by atoms with E-state index < -0.39 is 17.5 Å². The summed E-state index contributed by atoms with van der Waals surface area (Å²) < 4.78 is 18.4. The van der Waals surface area contributed by atoms with E-state index >= 15 is 0 Å². The van der Waals surface area contributed by atoms with Gasteiger partial charge >= 0.3 is 6.09 Å². The monoisotopic (exact) mass is 225 g/mol. The molecule has 0 aliphatic carbocycles. The second kappa shape index (κ2) is 4.51. The van der Waals surface area contributed by atoms with E-state index in [9.17, 15) is 9.18 Å². The van der Waals surface area contributed by atoms with Crippen LogP contribution in [0.2, 0.25) is 0 Å². The molecule has 0 aliphatic heterocycles. The molecule has 1 N–H and O–H groups in total. The van der Waals surface area contributed by atoms with Crippen molar-refractivity contribution in [3.8, 4) is 0 Å². The van der Waals surface area contributed by atoms with E-state index in [-0.39, 0.29) is 5.69 Å². The summed E-state index contributed by atoms with van der Waals surface area (Å²) in [6.07, 6.45) is -0.652. The molecule has 16 heavy (non-hydrogen) atoms. The molecule has 0 bridgehead atoms. The van der Waals surface area contributed by atoms with E-state index in [0.29, 0.717) is 5.56 Å². The van der Waals surface area contributed by atoms with E-state index in [1.807, 2.05) is 0 Å². The normalized spacial score (nSPS) is 11.1. The number of aryl methyl sites for hydroxylation is 1. The van der Waals surface area contributed by atoms with Gasteiger partial charge in [0.1, 0.15) is 11.4 Å².